The molecule has 0 saturated carbocycles. The first kappa shape index (κ1) is 9.26. The van der Waals surface area contributed by atoms with Crippen molar-refractivity contribution in [3.8, 4) is 0 Å². The van der Waals surface area contributed by atoms with Gasteiger partial charge in [0.15, 0.2) is 0 Å². The summed E-state index contributed by atoms with van der Waals surface area (Å²) >= 11 is 1.77. The summed E-state index contributed by atoms with van der Waals surface area (Å²) in [7, 11) is 0. The highest BCUT2D eigenvalue weighted by Crippen LogP contribution is 2.20. The summed E-state index contributed by atoms with van der Waals surface area (Å²) in [5, 5.41) is 2.15. The third kappa shape index (κ3) is 2.08. The maximum absolute atomic E-state index is 5.45. The molecular weight excluding hydrogens is 168 g/mol. The Labute approximate surface area is 77.1 Å². The van der Waals surface area contributed by atoms with Crippen molar-refractivity contribution in [1.29, 1.82) is 0 Å². The lowest BCUT2D eigenvalue weighted by atomic mass is 10.2. The largest absolute Gasteiger partial charge is 0.388 e. The lowest BCUT2D eigenvalue weighted by Gasteiger charge is -1.95. The van der Waals surface area contributed by atoms with Gasteiger partial charge in [-0.2, -0.15) is 0 Å². The number of aryl methyl sites for hydroxylation is 1. The Balaban J connectivity index is 2.77. The van der Waals surface area contributed by atoms with E-state index in [4.69, 9.17) is 5.73 Å². The smallest absolute Gasteiger partial charge is 0.0909 e. The molecule has 66 valence electrons. The molecule has 1 heterocycles. The van der Waals surface area contributed by atoms with Crippen LogP contribution in [0.2, 0.25) is 0 Å². The normalized spacial score (nSPS) is 12.1. The van der Waals surface area contributed by atoms with Crippen molar-refractivity contribution in [2.45, 2.75) is 27.3 Å². The van der Waals surface area contributed by atoms with Crippen LogP contribution in [-0.4, -0.2) is 5.84 Å². The van der Waals surface area contributed by atoms with Gasteiger partial charge in [-0.25, -0.2) is 0 Å². The van der Waals surface area contributed by atoms with Gasteiger partial charge in [0.25, 0.3) is 0 Å². The highest BCUT2D eigenvalue weighted by molar-refractivity contribution is 7.10. The zero-order valence-corrected chi connectivity index (χ0v) is 8.53. The predicted octanol–water partition coefficient (Wildman–Crippen LogP) is 2.24. The van der Waals surface area contributed by atoms with E-state index < -0.39 is 0 Å². The molecule has 1 aromatic rings. The Hall–Kier alpha value is -0.830. The van der Waals surface area contributed by atoms with Crippen molar-refractivity contribution in [1.82, 2.24) is 0 Å². The Morgan fingerprint density at radius 3 is 2.67 bits per heavy atom. The van der Waals surface area contributed by atoms with Crippen LogP contribution in [0.5, 0.6) is 0 Å². The summed E-state index contributed by atoms with van der Waals surface area (Å²) in [6.45, 7) is 6.79. The van der Waals surface area contributed by atoms with E-state index in [1.54, 1.807) is 11.3 Å². The molecule has 2 nitrogen and oxygen atoms in total. The number of hydrogen-bond acceptors (Lipinski definition) is 2. The van der Waals surface area contributed by atoms with Crippen LogP contribution in [0.4, 0.5) is 0 Å². The van der Waals surface area contributed by atoms with Crippen LogP contribution in [0.3, 0.4) is 0 Å². The van der Waals surface area contributed by atoms with Crippen LogP contribution in [0, 0.1) is 13.8 Å². The molecule has 0 bridgehead atoms. The third-order valence-electron chi connectivity index (χ3n) is 1.89. The molecule has 0 saturated heterocycles. The Kier molecular flexibility index (Phi) is 2.87. The third-order valence-corrected chi connectivity index (χ3v) is 2.95. The zero-order valence-electron chi connectivity index (χ0n) is 7.72. The van der Waals surface area contributed by atoms with Gasteiger partial charge >= 0.3 is 0 Å². The maximum atomic E-state index is 5.45. The van der Waals surface area contributed by atoms with E-state index in [0.29, 0.717) is 5.84 Å². The van der Waals surface area contributed by atoms with E-state index >= 15 is 0 Å². The first-order valence-corrected chi connectivity index (χ1v) is 4.79. The second-order valence-electron chi connectivity index (χ2n) is 2.90. The topological polar surface area (TPSA) is 38.4 Å². The van der Waals surface area contributed by atoms with Gasteiger partial charge in [0.05, 0.1) is 12.4 Å². The average Bonchev–Trinajstić information content (AvgIpc) is 2.30. The highest BCUT2D eigenvalue weighted by atomic mass is 32.1. The van der Waals surface area contributed by atoms with Gasteiger partial charge in [-0.1, -0.05) is 0 Å². The molecule has 0 radical (unpaired) electrons. The molecule has 12 heavy (non-hydrogen) atoms. The molecule has 2 N–H and O–H groups in total. The SMILES string of the molecule is CC(N)=NCc1csc(C)c1C. The first-order valence-electron chi connectivity index (χ1n) is 3.91. The Bertz CT molecular complexity index is 295. The standard InChI is InChI=1S/C9H14N2S/c1-6-7(2)12-5-9(6)4-11-8(3)10/h5H,4H2,1-3H3,(H2,10,11). The number of thiophene rings is 1. The van der Waals surface area contributed by atoms with Crippen molar-refractivity contribution in [2.24, 2.45) is 10.7 Å². The lowest BCUT2D eigenvalue weighted by molar-refractivity contribution is 1.05. The van der Waals surface area contributed by atoms with E-state index in [1.807, 2.05) is 6.92 Å². The molecule has 1 rings (SSSR count). The van der Waals surface area contributed by atoms with Crippen molar-refractivity contribution in [3.05, 3.63) is 21.4 Å². The van der Waals surface area contributed by atoms with E-state index in [1.165, 1.54) is 16.0 Å². The number of aliphatic imine (C=N–C) groups is 1. The van der Waals surface area contributed by atoms with Gasteiger partial charge in [-0.3, -0.25) is 4.99 Å². The van der Waals surface area contributed by atoms with Gasteiger partial charge in [-0.05, 0) is 37.3 Å². The molecule has 0 aliphatic heterocycles. The minimum Gasteiger partial charge on any atom is -0.388 e. The molecular formula is C9H14N2S. The molecule has 0 aliphatic carbocycles. The molecule has 0 fully saturated rings. The fourth-order valence-electron chi connectivity index (χ4n) is 0.928. The average molecular weight is 182 g/mol. The fourth-order valence-corrected chi connectivity index (χ4v) is 1.81. The molecule has 0 amide bonds. The monoisotopic (exact) mass is 182 g/mol. The number of amidine groups is 1. The van der Waals surface area contributed by atoms with Crippen molar-refractivity contribution >= 4 is 17.2 Å². The summed E-state index contributed by atoms with van der Waals surface area (Å²) in [5.74, 6) is 0.651. The lowest BCUT2D eigenvalue weighted by Crippen LogP contribution is -2.05. The molecule has 0 spiro atoms. The van der Waals surface area contributed by atoms with E-state index in [0.717, 1.165) is 6.54 Å². The number of nitrogens with two attached hydrogens (primary N) is 1. The van der Waals surface area contributed by atoms with Crippen LogP contribution < -0.4 is 5.73 Å². The van der Waals surface area contributed by atoms with Crippen molar-refractivity contribution in [2.75, 3.05) is 0 Å². The van der Waals surface area contributed by atoms with E-state index in [9.17, 15) is 0 Å². The number of rotatable bonds is 2. The quantitative estimate of drug-likeness (QED) is 0.553. The van der Waals surface area contributed by atoms with Crippen LogP contribution in [0.1, 0.15) is 22.9 Å². The Morgan fingerprint density at radius 2 is 2.25 bits per heavy atom. The van der Waals surface area contributed by atoms with Gasteiger partial charge in [0.2, 0.25) is 0 Å². The molecule has 0 atom stereocenters. The van der Waals surface area contributed by atoms with Crippen LogP contribution in [-0.2, 0) is 6.54 Å². The van der Waals surface area contributed by atoms with Crippen LogP contribution in [0.25, 0.3) is 0 Å². The molecule has 3 heteroatoms. The maximum Gasteiger partial charge on any atom is 0.0909 e. The Morgan fingerprint density at radius 1 is 1.58 bits per heavy atom. The van der Waals surface area contributed by atoms with E-state index in [-0.39, 0.29) is 0 Å². The highest BCUT2D eigenvalue weighted by Gasteiger charge is 2.01. The molecule has 0 unspecified atom stereocenters. The summed E-state index contributed by atoms with van der Waals surface area (Å²) in [6, 6.07) is 0. The van der Waals surface area contributed by atoms with Gasteiger partial charge < -0.3 is 5.73 Å². The van der Waals surface area contributed by atoms with Gasteiger partial charge in [0.1, 0.15) is 0 Å². The fraction of sp³-hybridized carbons (Fsp3) is 0.444. The second kappa shape index (κ2) is 3.72. The minimum absolute atomic E-state index is 0.651. The van der Waals surface area contributed by atoms with Crippen molar-refractivity contribution in [3.63, 3.8) is 0 Å². The van der Waals surface area contributed by atoms with Gasteiger partial charge in [0, 0.05) is 4.88 Å². The molecule has 1 aromatic heterocycles. The first-order chi connectivity index (χ1) is 5.61. The summed E-state index contributed by atoms with van der Waals surface area (Å²) in [5.41, 5.74) is 8.10. The summed E-state index contributed by atoms with van der Waals surface area (Å²) in [4.78, 5) is 5.54. The summed E-state index contributed by atoms with van der Waals surface area (Å²) < 4.78 is 0. The van der Waals surface area contributed by atoms with Crippen molar-refractivity contribution < 1.29 is 0 Å². The number of hydrogen-bond donors (Lipinski definition) is 1. The number of nitrogens with zero attached hydrogens (tertiary/aromatic N) is 1. The molecule has 0 aromatic carbocycles. The second-order valence-corrected chi connectivity index (χ2v) is 3.98. The zero-order chi connectivity index (χ0) is 9.14. The predicted molar refractivity (Wildman–Crippen MR) is 54.8 cm³/mol. The van der Waals surface area contributed by atoms with Crippen LogP contribution in [0.15, 0.2) is 10.4 Å². The summed E-state index contributed by atoms with van der Waals surface area (Å²) in [6.07, 6.45) is 0. The molecule has 0 aliphatic rings. The van der Waals surface area contributed by atoms with E-state index in [2.05, 4.69) is 24.2 Å². The van der Waals surface area contributed by atoms with Crippen LogP contribution >= 0.6 is 11.3 Å². The van der Waals surface area contributed by atoms with Gasteiger partial charge in [-0.15, -0.1) is 11.3 Å². The minimum atomic E-state index is 0.651.